The molecule has 0 saturated carbocycles. The number of halogens is 3. The Balaban J connectivity index is 0. The van der Waals surface area contributed by atoms with Gasteiger partial charge >= 0.3 is 0 Å². The van der Waals surface area contributed by atoms with Crippen LogP contribution in [-0.4, -0.2) is 22.0 Å². The number of carbonyl (C=O) groups is 1. The van der Waals surface area contributed by atoms with E-state index in [0.29, 0.717) is 0 Å². The molecule has 0 aliphatic heterocycles. The van der Waals surface area contributed by atoms with E-state index in [-0.39, 0.29) is 48.2 Å². The monoisotopic (exact) mass is 428 g/mol. The average molecular weight is 430 g/mol. The molecule has 1 N–H and O–H groups in total. The largest absolute Gasteiger partial charge is 0.481 e. The topological polar surface area (TPSA) is 37.3 Å². The van der Waals surface area contributed by atoms with E-state index in [9.17, 15) is 0 Å². The van der Waals surface area contributed by atoms with Crippen molar-refractivity contribution < 1.29 is 9.90 Å². The van der Waals surface area contributed by atoms with Gasteiger partial charge in [-0.3, -0.25) is 4.79 Å². The van der Waals surface area contributed by atoms with E-state index in [1.807, 2.05) is 0 Å². The van der Waals surface area contributed by atoms with E-state index in [2.05, 4.69) is 48.5 Å². The summed E-state index contributed by atoms with van der Waals surface area (Å²) in [5, 5.41) is 13.1. The van der Waals surface area contributed by atoms with Crippen LogP contribution in [0.3, 0.4) is 0 Å². The highest BCUT2D eigenvalue weighted by Crippen LogP contribution is 2.33. The lowest BCUT2D eigenvalue weighted by Crippen LogP contribution is -2.02. The van der Waals surface area contributed by atoms with Gasteiger partial charge < -0.3 is 5.11 Å². The fraction of sp³-hybridized carbons (Fsp3) is 0.250. The van der Waals surface area contributed by atoms with Crippen LogP contribution >= 0.6 is 37.2 Å². The lowest BCUT2D eigenvalue weighted by Gasteiger charge is -2.18. The number of benzene rings is 3. The van der Waals surface area contributed by atoms with E-state index in [4.69, 9.17) is 9.90 Å². The van der Waals surface area contributed by atoms with Gasteiger partial charge in [0.15, 0.2) is 0 Å². The van der Waals surface area contributed by atoms with Crippen LogP contribution < -0.4 is 0 Å². The van der Waals surface area contributed by atoms with Crippen molar-refractivity contribution in [2.45, 2.75) is 32.6 Å². The van der Waals surface area contributed by atoms with E-state index in [1.54, 1.807) is 11.1 Å². The minimum absolute atomic E-state index is 0. The molecule has 2 nitrogen and oxygen atoms in total. The maximum absolute atomic E-state index is 9.00. The summed E-state index contributed by atoms with van der Waals surface area (Å²) in [5.41, 5.74) is 3.17. The van der Waals surface area contributed by atoms with Gasteiger partial charge in [-0.1, -0.05) is 48.5 Å². The molecule has 0 unspecified atom stereocenters. The Kier molecular flexibility index (Phi) is 12.6. The lowest BCUT2D eigenvalue weighted by atomic mass is 9.86. The van der Waals surface area contributed by atoms with Gasteiger partial charge in [-0.15, -0.1) is 37.2 Å². The number of aliphatic carboxylic acids is 1. The van der Waals surface area contributed by atoms with Gasteiger partial charge in [-0.2, -0.15) is 0 Å². The lowest BCUT2D eigenvalue weighted by molar-refractivity contribution is -0.134. The van der Waals surface area contributed by atoms with Crippen LogP contribution in [0.4, 0.5) is 0 Å². The van der Waals surface area contributed by atoms with E-state index in [1.165, 1.54) is 47.2 Å². The molecular formula is C20H23Cl3O2Si. The summed E-state index contributed by atoms with van der Waals surface area (Å²) in [6.07, 6.45) is 5.22. The minimum Gasteiger partial charge on any atom is -0.481 e. The van der Waals surface area contributed by atoms with Crippen LogP contribution in [0, 0.1) is 0 Å². The number of hydrogen-bond acceptors (Lipinski definition) is 1. The molecule has 0 saturated heterocycles. The van der Waals surface area contributed by atoms with Crippen LogP contribution in [0.1, 0.15) is 30.9 Å². The van der Waals surface area contributed by atoms with E-state index in [0.717, 1.165) is 6.92 Å². The molecule has 0 bridgehead atoms. The second kappa shape index (κ2) is 12.2. The van der Waals surface area contributed by atoms with Gasteiger partial charge in [-0.25, -0.2) is 0 Å². The third kappa shape index (κ3) is 5.88. The molecule has 3 aromatic carbocycles. The van der Waals surface area contributed by atoms with Crippen molar-refractivity contribution >= 4 is 75.7 Å². The Morgan fingerprint density at radius 2 is 1.38 bits per heavy atom. The molecule has 0 heterocycles. The van der Waals surface area contributed by atoms with Gasteiger partial charge in [-0.05, 0) is 58.4 Å². The van der Waals surface area contributed by atoms with Gasteiger partial charge in [0.1, 0.15) is 0 Å². The molecule has 0 amide bonds. The molecule has 1 aliphatic rings. The van der Waals surface area contributed by atoms with Crippen LogP contribution in [0.25, 0.3) is 21.5 Å². The maximum atomic E-state index is 9.00. The molecule has 3 aromatic rings. The number of rotatable bonds is 0. The van der Waals surface area contributed by atoms with Crippen molar-refractivity contribution in [1.82, 2.24) is 0 Å². The number of hydrogen-bond donors (Lipinski definition) is 1. The second-order valence-electron chi connectivity index (χ2n) is 5.81. The van der Waals surface area contributed by atoms with Gasteiger partial charge in [0.05, 0.1) is 0 Å². The summed E-state index contributed by atoms with van der Waals surface area (Å²) in [6.45, 7) is 1.08. The standard InChI is InChI=1S/C18H16.C2H4O2.3ClH.Si/c1-3-7-15-13(5-1)9-11-18-16-8-4-2-6-14(16)10-12-17(15)18;1-2(3)4;;;;/h1,3,5,7,9-12H,2,4,6,8H2;1H3,(H,3,4);3*1H;. The van der Waals surface area contributed by atoms with Gasteiger partial charge in [0, 0.05) is 17.9 Å². The summed E-state index contributed by atoms with van der Waals surface area (Å²) < 4.78 is 0. The third-order valence-corrected chi connectivity index (χ3v) is 4.26. The smallest absolute Gasteiger partial charge is 0.300 e. The Labute approximate surface area is 177 Å². The predicted molar refractivity (Wildman–Crippen MR) is 119 cm³/mol. The first kappa shape index (κ1) is 27.0. The minimum atomic E-state index is -0.833. The second-order valence-corrected chi connectivity index (χ2v) is 5.81. The highest BCUT2D eigenvalue weighted by molar-refractivity contribution is 6.08. The first-order chi connectivity index (χ1) is 10.7. The summed E-state index contributed by atoms with van der Waals surface area (Å²) >= 11 is 0. The first-order valence-corrected chi connectivity index (χ1v) is 7.78. The van der Waals surface area contributed by atoms with Crippen LogP contribution in [0.15, 0.2) is 48.5 Å². The normalized spacial score (nSPS) is 11.3. The molecule has 6 heteroatoms. The Morgan fingerprint density at radius 3 is 2.08 bits per heavy atom. The zero-order chi connectivity index (χ0) is 15.5. The number of carboxylic acids is 1. The van der Waals surface area contributed by atoms with Gasteiger partial charge in [0.25, 0.3) is 5.97 Å². The third-order valence-electron chi connectivity index (χ3n) is 4.26. The number of aryl methyl sites for hydroxylation is 2. The molecule has 26 heavy (non-hydrogen) atoms. The first-order valence-electron chi connectivity index (χ1n) is 7.78. The van der Waals surface area contributed by atoms with Crippen molar-refractivity contribution in [2.24, 2.45) is 0 Å². The summed E-state index contributed by atoms with van der Waals surface area (Å²) in [6, 6.07) is 18.0. The van der Waals surface area contributed by atoms with Crippen LogP contribution in [0.2, 0.25) is 0 Å². The quantitative estimate of drug-likeness (QED) is 0.359. The Morgan fingerprint density at radius 1 is 0.808 bits per heavy atom. The van der Waals surface area contributed by atoms with E-state index >= 15 is 0 Å². The van der Waals surface area contributed by atoms with Crippen LogP contribution in [0.5, 0.6) is 0 Å². The summed E-state index contributed by atoms with van der Waals surface area (Å²) in [5.74, 6) is -0.833. The predicted octanol–water partition coefficient (Wildman–Crippen LogP) is 5.85. The molecule has 1 aliphatic carbocycles. The average Bonchev–Trinajstić information content (AvgIpc) is 2.54. The molecule has 0 fully saturated rings. The molecular weight excluding hydrogens is 407 g/mol. The van der Waals surface area contributed by atoms with Crippen molar-refractivity contribution in [3.63, 3.8) is 0 Å². The number of carboxylic acid groups (broad SMARTS) is 1. The molecule has 140 valence electrons. The zero-order valence-corrected chi connectivity index (χ0v) is 18.0. The summed E-state index contributed by atoms with van der Waals surface area (Å²) in [4.78, 5) is 9.00. The molecule has 0 aromatic heterocycles. The molecule has 4 rings (SSSR count). The molecule has 0 atom stereocenters. The fourth-order valence-corrected chi connectivity index (χ4v) is 3.34. The zero-order valence-electron chi connectivity index (χ0n) is 14.5. The Bertz CT molecular complexity index is 849. The van der Waals surface area contributed by atoms with Crippen molar-refractivity contribution in [3.05, 3.63) is 59.7 Å². The van der Waals surface area contributed by atoms with Crippen molar-refractivity contribution in [2.75, 3.05) is 0 Å². The fourth-order valence-electron chi connectivity index (χ4n) is 3.34. The van der Waals surface area contributed by atoms with Crippen molar-refractivity contribution in [1.29, 1.82) is 0 Å². The summed E-state index contributed by atoms with van der Waals surface area (Å²) in [7, 11) is 0. The SMILES string of the molecule is CC(=O)O.Cl.Cl.Cl.[Si].c1ccc2c(c1)ccc1c3c(ccc12)CCCC3. The van der Waals surface area contributed by atoms with Gasteiger partial charge in [0.2, 0.25) is 0 Å². The Hall–Kier alpha value is -1.26. The molecule has 0 spiro atoms. The van der Waals surface area contributed by atoms with Crippen LogP contribution in [-0.2, 0) is 17.6 Å². The van der Waals surface area contributed by atoms with E-state index < -0.39 is 5.97 Å². The highest BCUT2D eigenvalue weighted by atomic mass is 35.5. The number of fused-ring (bicyclic) bond motifs is 5. The highest BCUT2D eigenvalue weighted by Gasteiger charge is 2.13. The van der Waals surface area contributed by atoms with Crippen molar-refractivity contribution in [3.8, 4) is 0 Å². The maximum Gasteiger partial charge on any atom is 0.300 e. The molecule has 4 radical (unpaired) electrons.